The highest BCUT2D eigenvalue weighted by atomic mass is 16.3. The zero-order chi connectivity index (χ0) is 13.9. The molecule has 100 valence electrons. The van der Waals surface area contributed by atoms with Crippen LogP contribution in [0.2, 0.25) is 0 Å². The highest BCUT2D eigenvalue weighted by Gasteiger charge is 2.19. The van der Waals surface area contributed by atoms with Gasteiger partial charge in [0.25, 0.3) is 0 Å². The second-order valence-electron chi connectivity index (χ2n) is 5.27. The van der Waals surface area contributed by atoms with Gasteiger partial charge in [0.05, 0.1) is 12.1 Å². The molecule has 1 aromatic rings. The molecule has 0 aliphatic carbocycles. The molecule has 0 saturated carbocycles. The molecule has 1 aromatic heterocycles. The number of likely N-dealkylation sites (N-methyl/N-ethyl adjacent to an activating group) is 1. The summed E-state index contributed by atoms with van der Waals surface area (Å²) in [5.41, 5.74) is 0.987. The van der Waals surface area contributed by atoms with E-state index >= 15 is 0 Å². The Hall–Kier alpha value is -1.62. The summed E-state index contributed by atoms with van der Waals surface area (Å²) in [6.45, 7) is 7.40. The minimum atomic E-state index is -0.915. The average Bonchev–Trinajstić information content (AvgIpc) is 2.12. The van der Waals surface area contributed by atoms with E-state index in [0.29, 0.717) is 5.82 Å². The van der Waals surface area contributed by atoms with Crippen LogP contribution in [0.5, 0.6) is 0 Å². The van der Waals surface area contributed by atoms with Crippen molar-refractivity contribution in [2.75, 3.05) is 18.9 Å². The van der Waals surface area contributed by atoms with Crippen LogP contribution in [0.25, 0.3) is 0 Å². The molecule has 2 amide bonds. The van der Waals surface area contributed by atoms with Crippen LogP contribution in [0, 0.1) is 13.8 Å². The third-order valence-corrected chi connectivity index (χ3v) is 2.30. The number of anilines is 1. The second kappa shape index (κ2) is 5.35. The van der Waals surface area contributed by atoms with Gasteiger partial charge in [-0.05, 0) is 45.4 Å². The smallest absolute Gasteiger partial charge is 0.322 e. The number of carbonyl (C=O) groups is 1. The maximum Gasteiger partial charge on any atom is 0.322 e. The van der Waals surface area contributed by atoms with Crippen molar-refractivity contribution in [3.63, 3.8) is 0 Å². The van der Waals surface area contributed by atoms with Crippen molar-refractivity contribution in [3.05, 3.63) is 23.4 Å². The maximum absolute atomic E-state index is 11.9. The number of urea groups is 1. The van der Waals surface area contributed by atoms with Crippen molar-refractivity contribution < 1.29 is 9.90 Å². The number of aromatic nitrogens is 1. The average molecular weight is 251 g/mol. The summed E-state index contributed by atoms with van der Waals surface area (Å²) < 4.78 is 0. The fourth-order valence-corrected chi connectivity index (χ4v) is 1.76. The summed E-state index contributed by atoms with van der Waals surface area (Å²) in [4.78, 5) is 17.5. The fourth-order valence-electron chi connectivity index (χ4n) is 1.76. The lowest BCUT2D eigenvalue weighted by atomic mass is 10.1. The van der Waals surface area contributed by atoms with E-state index in [1.165, 1.54) is 4.90 Å². The van der Waals surface area contributed by atoms with Crippen molar-refractivity contribution in [2.45, 2.75) is 33.3 Å². The molecule has 0 aliphatic heterocycles. The van der Waals surface area contributed by atoms with E-state index in [1.54, 1.807) is 20.9 Å². The molecule has 18 heavy (non-hydrogen) atoms. The summed E-state index contributed by atoms with van der Waals surface area (Å²) in [7, 11) is 1.63. The minimum absolute atomic E-state index is 0.254. The van der Waals surface area contributed by atoms with Gasteiger partial charge in [-0.2, -0.15) is 0 Å². The topological polar surface area (TPSA) is 65.5 Å². The van der Waals surface area contributed by atoms with Crippen molar-refractivity contribution in [3.8, 4) is 0 Å². The largest absolute Gasteiger partial charge is 0.389 e. The van der Waals surface area contributed by atoms with Crippen LogP contribution >= 0.6 is 0 Å². The highest BCUT2D eigenvalue weighted by Crippen LogP contribution is 2.10. The van der Waals surface area contributed by atoms with Crippen LogP contribution in [-0.4, -0.2) is 40.2 Å². The van der Waals surface area contributed by atoms with Gasteiger partial charge in [0, 0.05) is 12.7 Å². The van der Waals surface area contributed by atoms with Gasteiger partial charge in [-0.3, -0.25) is 5.32 Å². The van der Waals surface area contributed by atoms with Gasteiger partial charge >= 0.3 is 6.03 Å². The Morgan fingerprint density at radius 1 is 1.44 bits per heavy atom. The standard InChI is InChI=1S/C13H21N3O2/c1-9-6-10(2)14-11(7-9)15-12(17)16(5)8-13(3,4)18/h6-7,18H,8H2,1-5H3,(H,14,15,17). The van der Waals surface area contributed by atoms with E-state index in [0.717, 1.165) is 11.3 Å². The van der Waals surface area contributed by atoms with Gasteiger partial charge in [-0.25, -0.2) is 9.78 Å². The van der Waals surface area contributed by atoms with Crippen LogP contribution in [0.3, 0.4) is 0 Å². The molecule has 2 N–H and O–H groups in total. The van der Waals surface area contributed by atoms with Crippen LogP contribution in [0.4, 0.5) is 10.6 Å². The number of rotatable bonds is 3. The Balaban J connectivity index is 2.69. The van der Waals surface area contributed by atoms with E-state index in [2.05, 4.69) is 10.3 Å². The molecule has 5 nitrogen and oxygen atoms in total. The lowest BCUT2D eigenvalue weighted by molar-refractivity contribution is 0.0550. The molecule has 0 saturated heterocycles. The van der Waals surface area contributed by atoms with Crippen LogP contribution in [0.1, 0.15) is 25.1 Å². The van der Waals surface area contributed by atoms with Gasteiger partial charge in [0.1, 0.15) is 5.82 Å². The molecule has 0 radical (unpaired) electrons. The first-order valence-corrected chi connectivity index (χ1v) is 5.87. The Morgan fingerprint density at radius 3 is 2.56 bits per heavy atom. The van der Waals surface area contributed by atoms with E-state index in [4.69, 9.17) is 0 Å². The second-order valence-corrected chi connectivity index (χ2v) is 5.27. The maximum atomic E-state index is 11.9. The summed E-state index contributed by atoms with van der Waals surface area (Å²) in [6, 6.07) is 3.47. The van der Waals surface area contributed by atoms with Crippen molar-refractivity contribution in [1.82, 2.24) is 9.88 Å². The number of nitrogens with zero attached hydrogens (tertiary/aromatic N) is 2. The summed E-state index contributed by atoms with van der Waals surface area (Å²) in [5.74, 6) is 0.528. The molecule has 1 rings (SSSR count). The molecule has 0 aliphatic rings. The third-order valence-electron chi connectivity index (χ3n) is 2.30. The molecule has 1 heterocycles. The number of carbonyl (C=O) groups excluding carboxylic acids is 1. The molecule has 0 fully saturated rings. The van der Waals surface area contributed by atoms with Crippen molar-refractivity contribution >= 4 is 11.8 Å². The van der Waals surface area contributed by atoms with Crippen LogP contribution < -0.4 is 5.32 Å². The van der Waals surface area contributed by atoms with E-state index < -0.39 is 5.60 Å². The number of aliphatic hydroxyl groups is 1. The van der Waals surface area contributed by atoms with E-state index in [-0.39, 0.29) is 12.6 Å². The van der Waals surface area contributed by atoms with Gasteiger partial charge in [-0.1, -0.05) is 0 Å². The first-order chi connectivity index (χ1) is 8.17. The predicted molar refractivity (Wildman–Crippen MR) is 71.7 cm³/mol. The normalized spacial score (nSPS) is 11.2. The summed E-state index contributed by atoms with van der Waals surface area (Å²) >= 11 is 0. The lowest BCUT2D eigenvalue weighted by Crippen LogP contribution is -2.41. The van der Waals surface area contributed by atoms with Crippen LogP contribution in [-0.2, 0) is 0 Å². The number of pyridine rings is 1. The van der Waals surface area contributed by atoms with Crippen LogP contribution in [0.15, 0.2) is 12.1 Å². The third kappa shape index (κ3) is 4.71. The molecular formula is C13H21N3O2. The predicted octanol–water partition coefficient (Wildman–Crippen LogP) is 1.93. The molecule has 0 unspecified atom stereocenters. The zero-order valence-corrected chi connectivity index (χ0v) is 11.6. The molecule has 0 spiro atoms. The first kappa shape index (κ1) is 14.4. The summed E-state index contributed by atoms with van der Waals surface area (Å²) in [6.07, 6.45) is 0. The molecule has 0 aromatic carbocycles. The molecule has 5 heteroatoms. The summed E-state index contributed by atoms with van der Waals surface area (Å²) in [5, 5.41) is 12.4. The minimum Gasteiger partial charge on any atom is -0.389 e. The number of nitrogens with one attached hydrogen (secondary N) is 1. The Kier molecular flexibility index (Phi) is 4.29. The Morgan fingerprint density at radius 2 is 2.06 bits per heavy atom. The zero-order valence-electron chi connectivity index (χ0n) is 11.6. The molecule has 0 atom stereocenters. The van der Waals surface area contributed by atoms with E-state index in [1.807, 2.05) is 26.0 Å². The first-order valence-electron chi connectivity index (χ1n) is 5.87. The highest BCUT2D eigenvalue weighted by molar-refractivity contribution is 5.88. The number of aryl methyl sites for hydroxylation is 2. The SMILES string of the molecule is Cc1cc(C)nc(NC(=O)N(C)CC(C)(C)O)c1. The Labute approximate surface area is 108 Å². The van der Waals surface area contributed by atoms with Gasteiger partial charge in [0.15, 0.2) is 0 Å². The number of amides is 2. The molecule has 0 bridgehead atoms. The van der Waals surface area contributed by atoms with Crippen molar-refractivity contribution in [1.29, 1.82) is 0 Å². The quantitative estimate of drug-likeness (QED) is 0.862. The number of hydrogen-bond acceptors (Lipinski definition) is 3. The van der Waals surface area contributed by atoms with Crippen molar-refractivity contribution in [2.24, 2.45) is 0 Å². The fraction of sp³-hybridized carbons (Fsp3) is 0.538. The monoisotopic (exact) mass is 251 g/mol. The van der Waals surface area contributed by atoms with Gasteiger partial charge < -0.3 is 10.0 Å². The van der Waals surface area contributed by atoms with Gasteiger partial charge in [0.2, 0.25) is 0 Å². The van der Waals surface area contributed by atoms with E-state index in [9.17, 15) is 9.90 Å². The van der Waals surface area contributed by atoms with Gasteiger partial charge in [-0.15, -0.1) is 0 Å². The number of hydrogen-bond donors (Lipinski definition) is 2. The molecular weight excluding hydrogens is 230 g/mol. The Bertz CT molecular complexity index is 418. The lowest BCUT2D eigenvalue weighted by Gasteiger charge is -2.25.